The summed E-state index contributed by atoms with van der Waals surface area (Å²) >= 11 is 6.65. The summed E-state index contributed by atoms with van der Waals surface area (Å²) < 4.78 is 0.527. The zero-order chi connectivity index (χ0) is 16.6. The molecule has 3 rings (SSSR count). The molecule has 1 N–H and O–H groups in total. The van der Waals surface area contributed by atoms with E-state index in [-0.39, 0.29) is 5.91 Å². The molecule has 1 saturated heterocycles. The quantitative estimate of drug-likeness (QED) is 0.649. The Morgan fingerprint density at radius 3 is 2.35 bits per heavy atom. The van der Waals surface area contributed by atoms with E-state index in [2.05, 4.69) is 0 Å². The fraction of sp³-hybridized carbons (Fsp3) is 0.111. The Labute approximate surface area is 144 Å². The highest BCUT2D eigenvalue weighted by atomic mass is 32.2. The average molecular weight is 341 g/mol. The maximum absolute atomic E-state index is 12.7. The molecule has 0 radical (unpaired) electrons. The maximum atomic E-state index is 12.7. The summed E-state index contributed by atoms with van der Waals surface area (Å²) in [6.07, 6.45) is 1.82. The number of aromatic hydroxyl groups is 1. The Bertz CT molecular complexity index is 805. The molecule has 2 aromatic rings. The first-order chi connectivity index (χ1) is 11.0. The molecule has 0 unspecified atom stereocenters. The van der Waals surface area contributed by atoms with Gasteiger partial charge in [0.05, 0.1) is 10.6 Å². The predicted molar refractivity (Wildman–Crippen MR) is 99.7 cm³/mol. The number of carbonyl (C=O) groups excluding carboxylic acids is 1. The maximum Gasteiger partial charge on any atom is 0.270 e. The van der Waals surface area contributed by atoms with Crippen molar-refractivity contribution in [2.45, 2.75) is 13.8 Å². The van der Waals surface area contributed by atoms with Gasteiger partial charge in [0.1, 0.15) is 5.75 Å². The molecule has 1 heterocycles. The fourth-order valence-corrected chi connectivity index (χ4v) is 3.79. The molecule has 3 nitrogen and oxygen atoms in total. The standard InChI is InChI=1S/C18H15NO2S2/c1-11-8-13(9-12(2)16(11)20)10-15-17(21)19(18(22)23-15)14-6-4-3-5-7-14/h3-10,20H,1-2H3/b15-10+. The number of para-hydroxylation sites is 1. The Morgan fingerprint density at radius 2 is 1.74 bits per heavy atom. The highest BCUT2D eigenvalue weighted by molar-refractivity contribution is 8.27. The minimum Gasteiger partial charge on any atom is -0.507 e. The second kappa shape index (κ2) is 6.18. The molecule has 1 amide bonds. The van der Waals surface area contributed by atoms with Gasteiger partial charge in [-0.15, -0.1) is 0 Å². The SMILES string of the molecule is Cc1cc(/C=C2/SC(=S)N(c3ccccc3)C2=O)cc(C)c1O. The Hall–Kier alpha value is -2.11. The van der Waals surface area contributed by atoms with E-state index in [4.69, 9.17) is 12.2 Å². The van der Waals surface area contributed by atoms with Crippen LogP contribution in [0.1, 0.15) is 16.7 Å². The first-order valence-electron chi connectivity index (χ1n) is 7.10. The third-order valence-electron chi connectivity index (χ3n) is 3.62. The minimum absolute atomic E-state index is 0.116. The van der Waals surface area contributed by atoms with Gasteiger partial charge in [-0.25, -0.2) is 0 Å². The van der Waals surface area contributed by atoms with Gasteiger partial charge in [-0.3, -0.25) is 9.69 Å². The molecule has 1 aliphatic rings. The first kappa shape index (κ1) is 15.8. The zero-order valence-electron chi connectivity index (χ0n) is 12.7. The Morgan fingerprint density at radius 1 is 1.13 bits per heavy atom. The van der Waals surface area contributed by atoms with Gasteiger partial charge in [-0.2, -0.15) is 0 Å². The predicted octanol–water partition coefficient (Wildman–Crippen LogP) is 4.41. The lowest BCUT2D eigenvalue weighted by Crippen LogP contribution is -2.27. The van der Waals surface area contributed by atoms with E-state index < -0.39 is 0 Å². The van der Waals surface area contributed by atoms with Crippen LogP contribution in [0.4, 0.5) is 5.69 Å². The van der Waals surface area contributed by atoms with Crippen LogP contribution in [0.25, 0.3) is 6.08 Å². The number of benzene rings is 2. The zero-order valence-corrected chi connectivity index (χ0v) is 14.4. The average Bonchev–Trinajstić information content (AvgIpc) is 2.80. The summed E-state index contributed by atoms with van der Waals surface area (Å²) in [5.41, 5.74) is 3.23. The minimum atomic E-state index is -0.116. The van der Waals surface area contributed by atoms with Gasteiger partial charge in [0.15, 0.2) is 4.32 Å². The number of thioether (sulfide) groups is 1. The topological polar surface area (TPSA) is 40.5 Å². The molecule has 116 valence electrons. The Balaban J connectivity index is 1.96. The van der Waals surface area contributed by atoms with Crippen LogP contribution in [0.15, 0.2) is 47.4 Å². The number of anilines is 1. The van der Waals surface area contributed by atoms with E-state index in [1.807, 2.05) is 62.4 Å². The molecular weight excluding hydrogens is 326 g/mol. The van der Waals surface area contributed by atoms with Crippen molar-refractivity contribution in [3.63, 3.8) is 0 Å². The summed E-state index contributed by atoms with van der Waals surface area (Å²) in [4.78, 5) is 14.8. The third-order valence-corrected chi connectivity index (χ3v) is 4.92. The van der Waals surface area contributed by atoms with Crippen LogP contribution in [0.3, 0.4) is 0 Å². The van der Waals surface area contributed by atoms with E-state index >= 15 is 0 Å². The van der Waals surface area contributed by atoms with Gasteiger partial charge < -0.3 is 5.11 Å². The van der Waals surface area contributed by atoms with Crippen molar-refractivity contribution in [3.05, 3.63) is 64.1 Å². The number of hydrogen-bond donors (Lipinski definition) is 1. The van der Waals surface area contributed by atoms with Crippen LogP contribution >= 0.6 is 24.0 Å². The van der Waals surface area contributed by atoms with Crippen molar-refractivity contribution < 1.29 is 9.90 Å². The molecule has 1 aliphatic heterocycles. The molecule has 23 heavy (non-hydrogen) atoms. The van der Waals surface area contributed by atoms with E-state index in [0.717, 1.165) is 22.4 Å². The fourth-order valence-electron chi connectivity index (χ4n) is 2.49. The molecule has 5 heteroatoms. The van der Waals surface area contributed by atoms with E-state index in [1.54, 1.807) is 4.90 Å². The lowest BCUT2D eigenvalue weighted by atomic mass is 10.1. The number of phenolic OH excluding ortho intramolecular Hbond substituents is 1. The normalized spacial score (nSPS) is 16.4. The van der Waals surface area contributed by atoms with Crippen LogP contribution in [-0.2, 0) is 4.79 Å². The van der Waals surface area contributed by atoms with Crippen LogP contribution in [0.5, 0.6) is 5.75 Å². The molecule has 1 fully saturated rings. The number of nitrogens with zero attached hydrogens (tertiary/aromatic N) is 1. The summed E-state index contributed by atoms with van der Waals surface area (Å²) in [5, 5.41) is 9.85. The number of aryl methyl sites for hydroxylation is 2. The molecule has 0 bridgehead atoms. The number of thiocarbonyl (C=S) groups is 1. The second-order valence-corrected chi connectivity index (χ2v) is 7.03. The largest absolute Gasteiger partial charge is 0.507 e. The monoisotopic (exact) mass is 341 g/mol. The van der Waals surface area contributed by atoms with Gasteiger partial charge in [0, 0.05) is 0 Å². The number of carbonyl (C=O) groups is 1. The smallest absolute Gasteiger partial charge is 0.270 e. The van der Waals surface area contributed by atoms with Crippen molar-refractivity contribution in [1.82, 2.24) is 0 Å². The van der Waals surface area contributed by atoms with E-state index in [1.165, 1.54) is 11.8 Å². The van der Waals surface area contributed by atoms with Gasteiger partial charge in [0.2, 0.25) is 0 Å². The van der Waals surface area contributed by atoms with Crippen molar-refractivity contribution in [2.75, 3.05) is 4.90 Å². The van der Waals surface area contributed by atoms with Crippen LogP contribution < -0.4 is 4.90 Å². The second-order valence-electron chi connectivity index (χ2n) is 5.36. The van der Waals surface area contributed by atoms with Crippen molar-refractivity contribution >= 4 is 46.0 Å². The molecule has 0 aliphatic carbocycles. The van der Waals surface area contributed by atoms with Gasteiger partial charge in [-0.1, -0.05) is 42.2 Å². The molecule has 0 aromatic heterocycles. The van der Waals surface area contributed by atoms with E-state index in [0.29, 0.717) is 15.0 Å². The molecule has 0 atom stereocenters. The Kier molecular flexibility index (Phi) is 4.24. The first-order valence-corrected chi connectivity index (χ1v) is 8.33. The summed E-state index contributed by atoms with van der Waals surface area (Å²) in [6, 6.07) is 13.1. The van der Waals surface area contributed by atoms with Gasteiger partial charge >= 0.3 is 0 Å². The van der Waals surface area contributed by atoms with Crippen molar-refractivity contribution in [3.8, 4) is 5.75 Å². The summed E-state index contributed by atoms with van der Waals surface area (Å²) in [5.74, 6) is 0.175. The van der Waals surface area contributed by atoms with Crippen LogP contribution in [-0.4, -0.2) is 15.3 Å². The number of rotatable bonds is 2. The van der Waals surface area contributed by atoms with Crippen molar-refractivity contribution in [2.24, 2.45) is 0 Å². The number of amides is 1. The lowest BCUT2D eigenvalue weighted by Gasteiger charge is -2.13. The highest BCUT2D eigenvalue weighted by Crippen LogP contribution is 2.36. The third kappa shape index (κ3) is 3.02. The summed E-state index contributed by atoms with van der Waals surface area (Å²) in [6.45, 7) is 3.68. The van der Waals surface area contributed by atoms with Gasteiger partial charge in [0.25, 0.3) is 5.91 Å². The molecule has 0 spiro atoms. The number of phenols is 1. The van der Waals surface area contributed by atoms with Gasteiger partial charge in [-0.05, 0) is 60.9 Å². The number of hydrogen-bond acceptors (Lipinski definition) is 4. The van der Waals surface area contributed by atoms with Crippen LogP contribution in [0.2, 0.25) is 0 Å². The molecule has 2 aromatic carbocycles. The van der Waals surface area contributed by atoms with Crippen molar-refractivity contribution in [1.29, 1.82) is 0 Å². The van der Waals surface area contributed by atoms with E-state index in [9.17, 15) is 9.90 Å². The molecule has 0 saturated carbocycles. The molecular formula is C18H15NO2S2. The summed E-state index contributed by atoms with van der Waals surface area (Å²) in [7, 11) is 0. The lowest BCUT2D eigenvalue weighted by molar-refractivity contribution is -0.113. The highest BCUT2D eigenvalue weighted by Gasteiger charge is 2.33. The van der Waals surface area contributed by atoms with Crippen LogP contribution in [0, 0.1) is 13.8 Å².